The number of carbonyl (C=O) groups excluding carboxylic acids is 1. The van der Waals surface area contributed by atoms with Crippen LogP contribution < -0.4 is 0 Å². The van der Waals surface area contributed by atoms with Crippen LogP contribution in [0.3, 0.4) is 0 Å². The SMILES string of the molecule is C[C@@H]1C[C@@H](C)N(Cc2ccccc2)[C@H](C)C1=O. The fourth-order valence-electron chi connectivity index (χ4n) is 2.81. The molecule has 0 amide bonds. The first-order valence-electron chi connectivity index (χ1n) is 6.43. The Labute approximate surface area is 104 Å². The summed E-state index contributed by atoms with van der Waals surface area (Å²) in [7, 11) is 0. The van der Waals surface area contributed by atoms with Gasteiger partial charge in [0.15, 0.2) is 5.78 Å². The molecule has 0 aliphatic carbocycles. The van der Waals surface area contributed by atoms with E-state index in [1.54, 1.807) is 0 Å². The molecule has 0 saturated carbocycles. The summed E-state index contributed by atoms with van der Waals surface area (Å²) in [6.45, 7) is 7.19. The molecule has 17 heavy (non-hydrogen) atoms. The normalized spacial score (nSPS) is 30.5. The molecular weight excluding hydrogens is 210 g/mol. The number of nitrogens with zero attached hydrogens (tertiary/aromatic N) is 1. The van der Waals surface area contributed by atoms with Crippen molar-refractivity contribution in [2.24, 2.45) is 5.92 Å². The molecule has 1 fully saturated rings. The molecule has 2 heteroatoms. The molecule has 0 radical (unpaired) electrons. The van der Waals surface area contributed by atoms with E-state index in [-0.39, 0.29) is 12.0 Å². The molecule has 1 aliphatic rings. The fraction of sp³-hybridized carbons (Fsp3) is 0.533. The Bertz CT molecular complexity index is 387. The van der Waals surface area contributed by atoms with Crippen molar-refractivity contribution in [3.05, 3.63) is 35.9 Å². The van der Waals surface area contributed by atoms with E-state index >= 15 is 0 Å². The molecule has 1 saturated heterocycles. The molecule has 0 aromatic heterocycles. The highest BCUT2D eigenvalue weighted by atomic mass is 16.1. The van der Waals surface area contributed by atoms with Gasteiger partial charge in [-0.15, -0.1) is 0 Å². The van der Waals surface area contributed by atoms with Gasteiger partial charge in [0.1, 0.15) is 0 Å². The van der Waals surface area contributed by atoms with Crippen LogP contribution in [0.5, 0.6) is 0 Å². The molecule has 1 aliphatic heterocycles. The molecule has 2 rings (SSSR count). The zero-order chi connectivity index (χ0) is 12.4. The molecule has 2 nitrogen and oxygen atoms in total. The topological polar surface area (TPSA) is 20.3 Å². The first-order valence-corrected chi connectivity index (χ1v) is 6.43. The van der Waals surface area contributed by atoms with Gasteiger partial charge in [-0.2, -0.15) is 0 Å². The van der Waals surface area contributed by atoms with Crippen molar-refractivity contribution in [1.82, 2.24) is 4.90 Å². The number of hydrogen-bond acceptors (Lipinski definition) is 2. The molecule has 3 atom stereocenters. The minimum absolute atomic E-state index is 0.0500. The maximum absolute atomic E-state index is 12.0. The summed E-state index contributed by atoms with van der Waals surface area (Å²) < 4.78 is 0. The van der Waals surface area contributed by atoms with Crippen LogP contribution in [0, 0.1) is 5.92 Å². The van der Waals surface area contributed by atoms with Crippen LogP contribution in [0.15, 0.2) is 30.3 Å². The number of likely N-dealkylation sites (tertiary alicyclic amines) is 1. The third-order valence-electron chi connectivity index (χ3n) is 3.86. The maximum atomic E-state index is 12.0. The maximum Gasteiger partial charge on any atom is 0.152 e. The average molecular weight is 231 g/mol. The highest BCUT2D eigenvalue weighted by Gasteiger charge is 2.35. The first kappa shape index (κ1) is 12.3. The zero-order valence-corrected chi connectivity index (χ0v) is 10.9. The Kier molecular flexibility index (Phi) is 3.63. The van der Waals surface area contributed by atoms with Gasteiger partial charge in [-0.1, -0.05) is 37.3 Å². The van der Waals surface area contributed by atoms with Crippen molar-refractivity contribution in [3.63, 3.8) is 0 Å². The third-order valence-corrected chi connectivity index (χ3v) is 3.86. The standard InChI is InChI=1S/C15H21NO/c1-11-9-12(2)16(13(3)15(11)17)10-14-7-5-4-6-8-14/h4-8,11-13H,9-10H2,1-3H3/t11-,12-,13-/m1/s1. The van der Waals surface area contributed by atoms with Crippen LogP contribution >= 0.6 is 0 Å². The van der Waals surface area contributed by atoms with Crippen LogP contribution in [0.4, 0.5) is 0 Å². The van der Waals surface area contributed by atoms with Crippen LogP contribution in [0.1, 0.15) is 32.8 Å². The van der Waals surface area contributed by atoms with Crippen molar-refractivity contribution < 1.29 is 4.79 Å². The number of hydrogen-bond donors (Lipinski definition) is 0. The highest BCUT2D eigenvalue weighted by Crippen LogP contribution is 2.26. The quantitative estimate of drug-likeness (QED) is 0.780. The lowest BCUT2D eigenvalue weighted by atomic mass is 9.87. The molecule has 0 spiro atoms. The molecular formula is C15H21NO. The summed E-state index contributed by atoms with van der Waals surface area (Å²) in [5.74, 6) is 0.603. The Morgan fingerprint density at radius 3 is 2.47 bits per heavy atom. The molecule has 1 aromatic rings. The van der Waals surface area contributed by atoms with E-state index in [2.05, 4.69) is 43.0 Å². The minimum Gasteiger partial charge on any atom is -0.298 e. The summed E-state index contributed by atoms with van der Waals surface area (Å²) >= 11 is 0. The van der Waals surface area contributed by atoms with E-state index in [0.29, 0.717) is 11.8 Å². The van der Waals surface area contributed by atoms with Crippen LogP contribution in [-0.4, -0.2) is 22.8 Å². The van der Waals surface area contributed by atoms with Crippen molar-refractivity contribution in [1.29, 1.82) is 0 Å². The van der Waals surface area contributed by atoms with E-state index < -0.39 is 0 Å². The third kappa shape index (κ3) is 2.58. The highest BCUT2D eigenvalue weighted by molar-refractivity contribution is 5.86. The van der Waals surface area contributed by atoms with Gasteiger partial charge in [0.05, 0.1) is 6.04 Å². The zero-order valence-electron chi connectivity index (χ0n) is 10.9. The lowest BCUT2D eigenvalue weighted by Gasteiger charge is -2.40. The van der Waals surface area contributed by atoms with Crippen molar-refractivity contribution in [2.45, 2.75) is 45.8 Å². The second kappa shape index (κ2) is 5.01. The monoisotopic (exact) mass is 231 g/mol. The molecule has 1 heterocycles. The predicted octanol–water partition coefficient (Wildman–Crippen LogP) is 2.87. The van der Waals surface area contributed by atoms with Gasteiger partial charge in [0, 0.05) is 18.5 Å². The number of rotatable bonds is 2. The Morgan fingerprint density at radius 2 is 1.82 bits per heavy atom. The van der Waals surface area contributed by atoms with Gasteiger partial charge in [-0.25, -0.2) is 0 Å². The number of carbonyl (C=O) groups is 1. The fourth-order valence-corrected chi connectivity index (χ4v) is 2.81. The van der Waals surface area contributed by atoms with E-state index in [4.69, 9.17) is 0 Å². The minimum atomic E-state index is 0.0500. The largest absolute Gasteiger partial charge is 0.298 e. The molecule has 0 bridgehead atoms. The molecule has 1 aromatic carbocycles. The van der Waals surface area contributed by atoms with Gasteiger partial charge < -0.3 is 0 Å². The molecule has 0 unspecified atom stereocenters. The average Bonchev–Trinajstić information content (AvgIpc) is 2.33. The number of benzene rings is 1. The number of piperidine rings is 1. The number of Topliss-reactive ketones (excluding diaryl/α,β-unsaturated/α-hetero) is 1. The number of ketones is 1. The smallest absolute Gasteiger partial charge is 0.152 e. The summed E-state index contributed by atoms with van der Waals surface area (Å²) in [5, 5.41) is 0. The lowest BCUT2D eigenvalue weighted by Crippen LogP contribution is -2.51. The van der Waals surface area contributed by atoms with Crippen LogP contribution in [0.25, 0.3) is 0 Å². The second-order valence-corrected chi connectivity index (χ2v) is 5.22. The van der Waals surface area contributed by atoms with Crippen LogP contribution in [-0.2, 0) is 11.3 Å². The Balaban J connectivity index is 2.12. The van der Waals surface area contributed by atoms with E-state index in [9.17, 15) is 4.79 Å². The Morgan fingerprint density at radius 1 is 1.18 bits per heavy atom. The van der Waals surface area contributed by atoms with Crippen LogP contribution in [0.2, 0.25) is 0 Å². The van der Waals surface area contributed by atoms with Gasteiger partial charge in [-0.3, -0.25) is 9.69 Å². The van der Waals surface area contributed by atoms with E-state index in [1.807, 2.05) is 13.0 Å². The first-order chi connectivity index (χ1) is 8.09. The second-order valence-electron chi connectivity index (χ2n) is 5.22. The summed E-state index contributed by atoms with van der Waals surface area (Å²) in [4.78, 5) is 14.3. The predicted molar refractivity (Wildman–Crippen MR) is 69.7 cm³/mol. The lowest BCUT2D eigenvalue weighted by molar-refractivity contribution is -0.133. The van der Waals surface area contributed by atoms with Gasteiger partial charge in [0.2, 0.25) is 0 Å². The summed E-state index contributed by atoms with van der Waals surface area (Å²) in [5.41, 5.74) is 1.29. The summed E-state index contributed by atoms with van der Waals surface area (Å²) in [6.07, 6.45) is 0.982. The molecule has 92 valence electrons. The van der Waals surface area contributed by atoms with Crippen molar-refractivity contribution >= 4 is 5.78 Å². The Hall–Kier alpha value is -1.15. The van der Waals surface area contributed by atoms with E-state index in [0.717, 1.165) is 13.0 Å². The summed E-state index contributed by atoms with van der Waals surface area (Å²) in [6, 6.07) is 10.9. The van der Waals surface area contributed by atoms with Crippen molar-refractivity contribution in [2.75, 3.05) is 0 Å². The van der Waals surface area contributed by atoms with Crippen molar-refractivity contribution in [3.8, 4) is 0 Å². The van der Waals surface area contributed by atoms with Gasteiger partial charge >= 0.3 is 0 Å². The van der Waals surface area contributed by atoms with E-state index in [1.165, 1.54) is 5.56 Å². The molecule has 0 N–H and O–H groups in total. The van der Waals surface area contributed by atoms with Gasteiger partial charge in [-0.05, 0) is 25.8 Å². The van der Waals surface area contributed by atoms with Gasteiger partial charge in [0.25, 0.3) is 0 Å².